The molecule has 3 heteroatoms. The Balaban J connectivity index is 2.09. The van der Waals surface area contributed by atoms with E-state index in [0.717, 1.165) is 25.7 Å². The summed E-state index contributed by atoms with van der Waals surface area (Å²) in [7, 11) is 0. The van der Waals surface area contributed by atoms with Crippen LogP contribution < -0.4 is 5.32 Å². The maximum absolute atomic E-state index is 5.43. The van der Waals surface area contributed by atoms with Crippen molar-refractivity contribution in [2.75, 3.05) is 31.8 Å². The van der Waals surface area contributed by atoms with Crippen molar-refractivity contribution in [3.05, 3.63) is 0 Å². The van der Waals surface area contributed by atoms with E-state index < -0.39 is 0 Å². The zero-order valence-corrected chi connectivity index (χ0v) is 10.2. The summed E-state index contributed by atoms with van der Waals surface area (Å²) in [5, 5.41) is 3.65. The first-order valence-electron chi connectivity index (χ1n) is 5.63. The molecule has 0 bridgehead atoms. The van der Waals surface area contributed by atoms with Crippen LogP contribution in [-0.2, 0) is 4.74 Å². The van der Waals surface area contributed by atoms with Crippen LogP contribution in [0.5, 0.6) is 0 Å². The van der Waals surface area contributed by atoms with Gasteiger partial charge in [-0.25, -0.2) is 0 Å². The Morgan fingerprint density at radius 1 is 1.43 bits per heavy atom. The number of rotatable bonds is 5. The lowest BCUT2D eigenvalue weighted by atomic mass is 10.1. The van der Waals surface area contributed by atoms with Crippen LogP contribution in [0.1, 0.15) is 26.2 Å². The molecule has 2 nitrogen and oxygen atoms in total. The van der Waals surface area contributed by atoms with Crippen LogP contribution >= 0.6 is 11.8 Å². The highest BCUT2D eigenvalue weighted by atomic mass is 32.2. The number of hydrogen-bond donors (Lipinski definition) is 1. The first-order valence-corrected chi connectivity index (χ1v) is 7.02. The van der Waals surface area contributed by atoms with Crippen LogP contribution in [0.15, 0.2) is 0 Å². The lowest BCUT2D eigenvalue weighted by Crippen LogP contribution is -2.33. The van der Waals surface area contributed by atoms with Gasteiger partial charge in [-0.2, -0.15) is 11.8 Å². The van der Waals surface area contributed by atoms with Crippen molar-refractivity contribution in [2.24, 2.45) is 5.92 Å². The van der Waals surface area contributed by atoms with E-state index in [2.05, 4.69) is 18.5 Å². The lowest BCUT2D eigenvalue weighted by Gasteiger charge is -2.18. The highest BCUT2D eigenvalue weighted by Crippen LogP contribution is 2.09. The zero-order chi connectivity index (χ0) is 10.2. The van der Waals surface area contributed by atoms with Crippen LogP contribution in [0.3, 0.4) is 0 Å². The van der Waals surface area contributed by atoms with Gasteiger partial charge in [0.15, 0.2) is 0 Å². The standard InChI is InChI=1S/C11H23NOS/c1-10(9-14-2)8-12-11-4-3-6-13-7-5-11/h10-12H,3-9H2,1-2H3. The number of nitrogens with one attached hydrogen (secondary N) is 1. The third kappa shape index (κ3) is 5.23. The van der Waals surface area contributed by atoms with Gasteiger partial charge in [-0.3, -0.25) is 0 Å². The summed E-state index contributed by atoms with van der Waals surface area (Å²) in [5.41, 5.74) is 0. The molecule has 0 aromatic rings. The molecule has 14 heavy (non-hydrogen) atoms. The number of ether oxygens (including phenoxy) is 1. The third-order valence-electron chi connectivity index (χ3n) is 2.66. The number of hydrogen-bond acceptors (Lipinski definition) is 3. The van der Waals surface area contributed by atoms with Crippen molar-refractivity contribution in [3.8, 4) is 0 Å². The first kappa shape index (κ1) is 12.3. The molecule has 1 aliphatic heterocycles. The fourth-order valence-electron chi connectivity index (χ4n) is 1.82. The normalized spacial score (nSPS) is 25.7. The fraction of sp³-hybridized carbons (Fsp3) is 1.00. The van der Waals surface area contributed by atoms with Gasteiger partial charge in [-0.05, 0) is 43.7 Å². The zero-order valence-electron chi connectivity index (χ0n) is 9.42. The van der Waals surface area contributed by atoms with E-state index in [4.69, 9.17) is 4.74 Å². The minimum Gasteiger partial charge on any atom is -0.381 e. The van der Waals surface area contributed by atoms with E-state index in [1.165, 1.54) is 25.0 Å². The molecule has 0 amide bonds. The minimum absolute atomic E-state index is 0.696. The Morgan fingerprint density at radius 2 is 2.29 bits per heavy atom. The summed E-state index contributed by atoms with van der Waals surface area (Å²) in [6.07, 6.45) is 5.86. The summed E-state index contributed by atoms with van der Waals surface area (Å²) in [6.45, 7) is 5.37. The Kier molecular flexibility index (Phi) is 6.65. The van der Waals surface area contributed by atoms with E-state index >= 15 is 0 Å². The van der Waals surface area contributed by atoms with Crippen LogP contribution in [0.2, 0.25) is 0 Å². The van der Waals surface area contributed by atoms with Crippen molar-refractivity contribution in [2.45, 2.75) is 32.2 Å². The quantitative estimate of drug-likeness (QED) is 0.762. The molecule has 2 atom stereocenters. The van der Waals surface area contributed by atoms with Crippen LogP contribution in [0, 0.1) is 5.92 Å². The monoisotopic (exact) mass is 217 g/mol. The topological polar surface area (TPSA) is 21.3 Å². The Labute approximate surface area is 92.2 Å². The molecule has 1 saturated heterocycles. The van der Waals surface area contributed by atoms with Gasteiger partial charge in [0.25, 0.3) is 0 Å². The summed E-state index contributed by atoms with van der Waals surface area (Å²) in [4.78, 5) is 0. The lowest BCUT2D eigenvalue weighted by molar-refractivity contribution is 0.142. The highest BCUT2D eigenvalue weighted by molar-refractivity contribution is 7.98. The molecule has 2 unspecified atom stereocenters. The SMILES string of the molecule is CSCC(C)CNC1CCCOCC1. The Hall–Kier alpha value is 0.270. The second kappa shape index (κ2) is 7.55. The molecule has 1 fully saturated rings. The van der Waals surface area contributed by atoms with Crippen molar-refractivity contribution in [1.82, 2.24) is 5.32 Å². The van der Waals surface area contributed by atoms with Gasteiger partial charge in [-0.15, -0.1) is 0 Å². The molecule has 0 spiro atoms. The fourth-order valence-corrected chi connectivity index (χ4v) is 2.51. The van der Waals surface area contributed by atoms with E-state index in [0.29, 0.717) is 6.04 Å². The van der Waals surface area contributed by atoms with Crippen molar-refractivity contribution >= 4 is 11.8 Å². The van der Waals surface area contributed by atoms with Crippen molar-refractivity contribution in [1.29, 1.82) is 0 Å². The van der Waals surface area contributed by atoms with Crippen molar-refractivity contribution < 1.29 is 4.74 Å². The summed E-state index contributed by atoms with van der Waals surface area (Å²) >= 11 is 1.94. The molecule has 0 saturated carbocycles. The average Bonchev–Trinajstić information content (AvgIpc) is 2.43. The van der Waals surface area contributed by atoms with Gasteiger partial charge in [0.2, 0.25) is 0 Å². The maximum Gasteiger partial charge on any atom is 0.0480 e. The Bertz CT molecular complexity index is 135. The Morgan fingerprint density at radius 3 is 3.07 bits per heavy atom. The minimum atomic E-state index is 0.696. The smallest absolute Gasteiger partial charge is 0.0480 e. The van der Waals surface area contributed by atoms with Gasteiger partial charge >= 0.3 is 0 Å². The summed E-state index contributed by atoms with van der Waals surface area (Å²) < 4.78 is 5.43. The molecule has 1 N–H and O–H groups in total. The van der Waals surface area contributed by atoms with E-state index in [9.17, 15) is 0 Å². The maximum atomic E-state index is 5.43. The van der Waals surface area contributed by atoms with Gasteiger partial charge in [-0.1, -0.05) is 6.92 Å². The number of thioether (sulfide) groups is 1. The molecule has 0 aromatic carbocycles. The molecule has 84 valence electrons. The van der Waals surface area contributed by atoms with E-state index in [1.807, 2.05) is 11.8 Å². The molecule has 0 aliphatic carbocycles. The van der Waals surface area contributed by atoms with Gasteiger partial charge < -0.3 is 10.1 Å². The molecular formula is C11H23NOS. The highest BCUT2D eigenvalue weighted by Gasteiger charge is 2.12. The second-order valence-corrected chi connectivity index (χ2v) is 5.12. The molecule has 1 rings (SSSR count). The molecule has 0 aromatic heterocycles. The predicted molar refractivity (Wildman–Crippen MR) is 64.0 cm³/mol. The largest absolute Gasteiger partial charge is 0.381 e. The average molecular weight is 217 g/mol. The molecule has 1 aliphatic rings. The van der Waals surface area contributed by atoms with Crippen LogP contribution in [0.25, 0.3) is 0 Å². The van der Waals surface area contributed by atoms with E-state index in [-0.39, 0.29) is 0 Å². The van der Waals surface area contributed by atoms with Gasteiger partial charge in [0.1, 0.15) is 0 Å². The molecule has 0 radical (unpaired) electrons. The van der Waals surface area contributed by atoms with Crippen LogP contribution in [0.4, 0.5) is 0 Å². The van der Waals surface area contributed by atoms with E-state index in [1.54, 1.807) is 0 Å². The second-order valence-electron chi connectivity index (χ2n) is 4.21. The summed E-state index contributed by atoms with van der Waals surface area (Å²) in [6, 6.07) is 0.696. The predicted octanol–water partition coefficient (Wildman–Crippen LogP) is 2.14. The van der Waals surface area contributed by atoms with Crippen molar-refractivity contribution in [3.63, 3.8) is 0 Å². The van der Waals surface area contributed by atoms with Gasteiger partial charge in [0.05, 0.1) is 0 Å². The molecular weight excluding hydrogens is 194 g/mol. The van der Waals surface area contributed by atoms with Gasteiger partial charge in [0, 0.05) is 19.3 Å². The third-order valence-corrected chi connectivity index (χ3v) is 3.56. The summed E-state index contributed by atoms with van der Waals surface area (Å²) in [5.74, 6) is 2.05. The first-order chi connectivity index (χ1) is 6.83. The molecule has 1 heterocycles. The van der Waals surface area contributed by atoms with Crippen LogP contribution in [-0.4, -0.2) is 37.8 Å².